The van der Waals surface area contributed by atoms with Crippen LogP contribution in [-0.4, -0.2) is 13.4 Å². The zero-order valence-corrected chi connectivity index (χ0v) is 12.1. The van der Waals surface area contributed by atoms with Crippen molar-refractivity contribution in [3.05, 3.63) is 59.7 Å². The molecule has 0 aromatic heterocycles. The van der Waals surface area contributed by atoms with Gasteiger partial charge in [-0.05, 0) is 30.3 Å². The molecular weight excluding hydrogens is 318 g/mol. The van der Waals surface area contributed by atoms with Gasteiger partial charge in [0.15, 0.2) is 0 Å². The summed E-state index contributed by atoms with van der Waals surface area (Å²) in [6, 6.07) is 8.16. The van der Waals surface area contributed by atoms with Crippen LogP contribution >= 0.6 is 12.2 Å². The molecule has 21 heavy (non-hydrogen) atoms. The van der Waals surface area contributed by atoms with Crippen molar-refractivity contribution in [2.75, 3.05) is 4.72 Å². The Morgan fingerprint density at radius 2 is 1.86 bits per heavy atom. The van der Waals surface area contributed by atoms with E-state index in [0.29, 0.717) is 11.6 Å². The van der Waals surface area contributed by atoms with Gasteiger partial charge in [0.2, 0.25) is 0 Å². The Balaban J connectivity index is 2.40. The van der Waals surface area contributed by atoms with Crippen LogP contribution in [-0.2, 0) is 10.0 Å². The number of hydrogen-bond acceptors (Lipinski definition) is 3. The number of sulfonamides is 1. The van der Waals surface area contributed by atoms with Crippen LogP contribution in [0.4, 0.5) is 14.5 Å². The van der Waals surface area contributed by atoms with Crippen LogP contribution in [0, 0.1) is 11.6 Å². The molecule has 0 amide bonds. The molecule has 0 unspecified atom stereocenters. The third-order valence-corrected chi connectivity index (χ3v) is 4.21. The molecule has 0 bridgehead atoms. The third kappa shape index (κ3) is 3.53. The minimum absolute atomic E-state index is 0.0907. The fourth-order valence-electron chi connectivity index (χ4n) is 1.63. The average molecular weight is 328 g/mol. The minimum atomic E-state index is -4.26. The van der Waals surface area contributed by atoms with Crippen molar-refractivity contribution in [1.82, 2.24) is 0 Å². The Bertz CT molecular complexity index is 808. The molecule has 8 heteroatoms. The lowest BCUT2D eigenvalue weighted by molar-refractivity contribution is 0.555. The van der Waals surface area contributed by atoms with Gasteiger partial charge in [-0.25, -0.2) is 17.2 Å². The summed E-state index contributed by atoms with van der Waals surface area (Å²) in [6.07, 6.45) is 0. The van der Waals surface area contributed by atoms with E-state index >= 15 is 0 Å². The lowest BCUT2D eigenvalue weighted by Gasteiger charge is -2.10. The Morgan fingerprint density at radius 1 is 1.14 bits per heavy atom. The number of nitrogens with two attached hydrogens (primary N) is 1. The van der Waals surface area contributed by atoms with E-state index < -0.39 is 26.6 Å². The van der Waals surface area contributed by atoms with Crippen LogP contribution in [0.1, 0.15) is 5.56 Å². The topological polar surface area (TPSA) is 72.2 Å². The molecule has 0 spiro atoms. The van der Waals surface area contributed by atoms with E-state index in [1.807, 2.05) is 0 Å². The van der Waals surface area contributed by atoms with Gasteiger partial charge in [0.05, 0.1) is 0 Å². The standard InChI is InChI=1S/C13H10F2N2O2S2/c14-9-4-5-11(15)12(7-9)21(18,19)17-10-3-1-2-8(6-10)13(16)20/h1-7,17H,(H2,16,20). The van der Waals surface area contributed by atoms with Crippen molar-refractivity contribution in [1.29, 1.82) is 0 Å². The maximum Gasteiger partial charge on any atom is 0.264 e. The highest BCUT2D eigenvalue weighted by Gasteiger charge is 2.20. The molecule has 0 atom stereocenters. The van der Waals surface area contributed by atoms with Crippen molar-refractivity contribution in [2.45, 2.75) is 4.90 Å². The van der Waals surface area contributed by atoms with Crippen molar-refractivity contribution < 1.29 is 17.2 Å². The Hall–Kier alpha value is -2.06. The van der Waals surface area contributed by atoms with Gasteiger partial charge >= 0.3 is 0 Å². The molecule has 0 aliphatic heterocycles. The number of halogens is 2. The summed E-state index contributed by atoms with van der Waals surface area (Å²) >= 11 is 4.79. The largest absolute Gasteiger partial charge is 0.389 e. The van der Waals surface area contributed by atoms with Crippen molar-refractivity contribution in [3.63, 3.8) is 0 Å². The zero-order chi connectivity index (χ0) is 15.6. The highest BCUT2D eigenvalue weighted by molar-refractivity contribution is 7.92. The predicted molar refractivity (Wildman–Crippen MR) is 79.5 cm³/mol. The Labute approximate surface area is 125 Å². The summed E-state index contributed by atoms with van der Waals surface area (Å²) in [5.74, 6) is -1.90. The number of rotatable bonds is 4. The monoisotopic (exact) mass is 328 g/mol. The number of anilines is 1. The van der Waals surface area contributed by atoms with Gasteiger partial charge in [0.25, 0.3) is 10.0 Å². The Kier molecular flexibility index (Phi) is 4.19. The van der Waals surface area contributed by atoms with Gasteiger partial charge in [-0.3, -0.25) is 4.72 Å². The van der Waals surface area contributed by atoms with Gasteiger partial charge in [0.1, 0.15) is 21.5 Å². The minimum Gasteiger partial charge on any atom is -0.389 e. The van der Waals surface area contributed by atoms with Crippen LogP contribution in [0.15, 0.2) is 47.4 Å². The van der Waals surface area contributed by atoms with Crippen LogP contribution in [0.25, 0.3) is 0 Å². The number of thiocarbonyl (C=S) groups is 1. The van der Waals surface area contributed by atoms with Crippen LogP contribution in [0.3, 0.4) is 0 Å². The fourth-order valence-corrected chi connectivity index (χ4v) is 2.90. The molecule has 3 N–H and O–H groups in total. The highest BCUT2D eigenvalue weighted by atomic mass is 32.2. The summed E-state index contributed by atoms with van der Waals surface area (Å²) in [4.78, 5) is -0.684. The van der Waals surface area contributed by atoms with Crippen LogP contribution in [0.2, 0.25) is 0 Å². The molecular formula is C13H10F2N2O2S2. The molecule has 0 saturated carbocycles. The molecule has 4 nitrogen and oxygen atoms in total. The quantitative estimate of drug-likeness (QED) is 0.846. The zero-order valence-electron chi connectivity index (χ0n) is 10.5. The summed E-state index contributed by atoms with van der Waals surface area (Å²) in [5, 5.41) is 0. The SMILES string of the molecule is NC(=S)c1cccc(NS(=O)(=O)c2cc(F)ccc2F)c1. The molecule has 0 radical (unpaired) electrons. The van der Waals surface area contributed by atoms with Gasteiger partial charge in [-0.1, -0.05) is 24.4 Å². The lowest BCUT2D eigenvalue weighted by atomic mass is 10.2. The van der Waals surface area contributed by atoms with E-state index in [1.54, 1.807) is 6.07 Å². The maximum atomic E-state index is 13.5. The first kappa shape index (κ1) is 15.3. The first-order valence-corrected chi connectivity index (χ1v) is 7.56. The van der Waals surface area contributed by atoms with E-state index in [4.69, 9.17) is 18.0 Å². The first-order chi connectivity index (χ1) is 9.79. The van der Waals surface area contributed by atoms with Crippen molar-refractivity contribution in [2.24, 2.45) is 5.73 Å². The van der Waals surface area contributed by atoms with Gasteiger partial charge in [0, 0.05) is 11.3 Å². The lowest BCUT2D eigenvalue weighted by Crippen LogP contribution is -2.16. The second-order valence-corrected chi connectivity index (χ2v) is 6.22. The van der Waals surface area contributed by atoms with Crippen LogP contribution in [0.5, 0.6) is 0 Å². The molecule has 0 aliphatic rings. The third-order valence-electron chi connectivity index (χ3n) is 2.58. The molecule has 0 fully saturated rings. The van der Waals surface area contributed by atoms with Crippen molar-refractivity contribution >= 4 is 32.9 Å². The molecule has 2 rings (SSSR count). The van der Waals surface area contributed by atoms with Crippen molar-refractivity contribution in [3.8, 4) is 0 Å². The van der Waals surface area contributed by atoms with E-state index in [0.717, 1.165) is 12.1 Å². The summed E-state index contributed by atoms with van der Waals surface area (Å²) in [5.41, 5.74) is 6.04. The molecule has 110 valence electrons. The maximum absolute atomic E-state index is 13.5. The second-order valence-electron chi connectivity index (χ2n) is 4.13. The smallest absolute Gasteiger partial charge is 0.264 e. The average Bonchev–Trinajstić information content (AvgIpc) is 2.41. The van der Waals surface area contributed by atoms with E-state index in [2.05, 4.69) is 4.72 Å². The van der Waals surface area contributed by atoms with E-state index in [1.165, 1.54) is 18.2 Å². The molecule has 2 aromatic carbocycles. The summed E-state index contributed by atoms with van der Waals surface area (Å²) in [6.45, 7) is 0. The van der Waals surface area contributed by atoms with Crippen LogP contribution < -0.4 is 10.5 Å². The van der Waals surface area contributed by atoms with E-state index in [9.17, 15) is 17.2 Å². The second kappa shape index (κ2) is 5.74. The number of hydrogen-bond donors (Lipinski definition) is 2. The van der Waals surface area contributed by atoms with Gasteiger partial charge in [-0.15, -0.1) is 0 Å². The summed E-state index contributed by atoms with van der Waals surface area (Å²) < 4.78 is 52.9. The predicted octanol–water partition coefficient (Wildman–Crippen LogP) is 2.40. The van der Waals surface area contributed by atoms with Gasteiger partial charge < -0.3 is 5.73 Å². The number of nitrogens with one attached hydrogen (secondary N) is 1. The first-order valence-electron chi connectivity index (χ1n) is 5.67. The number of benzene rings is 2. The van der Waals surface area contributed by atoms with E-state index in [-0.39, 0.29) is 10.7 Å². The normalized spacial score (nSPS) is 11.1. The molecule has 2 aromatic rings. The highest BCUT2D eigenvalue weighted by Crippen LogP contribution is 2.20. The molecule has 0 heterocycles. The molecule has 0 saturated heterocycles. The molecule has 0 aliphatic carbocycles. The fraction of sp³-hybridized carbons (Fsp3) is 0. The van der Waals surface area contributed by atoms with Gasteiger partial charge in [-0.2, -0.15) is 0 Å². The summed E-state index contributed by atoms with van der Waals surface area (Å²) in [7, 11) is -4.26. The Morgan fingerprint density at radius 3 is 2.52 bits per heavy atom.